The first kappa shape index (κ1) is 15.0. The maximum absolute atomic E-state index is 12.1. The van der Waals surface area contributed by atoms with Crippen LogP contribution >= 0.6 is 0 Å². The Morgan fingerprint density at radius 2 is 2.11 bits per heavy atom. The molecule has 1 fully saturated rings. The summed E-state index contributed by atoms with van der Waals surface area (Å²) in [5, 5.41) is 11.8. The number of carbonyl (C=O) groups is 2. The van der Waals surface area contributed by atoms with Gasteiger partial charge in [0.15, 0.2) is 0 Å². The second kappa shape index (κ2) is 6.18. The molecule has 0 radical (unpaired) electrons. The Balaban J connectivity index is 2.59. The second-order valence-corrected chi connectivity index (χ2v) is 5.94. The van der Waals surface area contributed by atoms with Crippen LogP contribution in [0.15, 0.2) is 0 Å². The van der Waals surface area contributed by atoms with Crippen LogP contribution in [-0.2, 0) is 14.3 Å². The van der Waals surface area contributed by atoms with Crippen LogP contribution in [0.3, 0.4) is 0 Å². The van der Waals surface area contributed by atoms with E-state index in [1.807, 2.05) is 20.8 Å². The van der Waals surface area contributed by atoms with E-state index in [4.69, 9.17) is 9.84 Å². The minimum atomic E-state index is -0.893. The third-order valence-electron chi connectivity index (χ3n) is 3.27. The smallest absolute Gasteiger partial charge is 0.305 e. The van der Waals surface area contributed by atoms with Crippen molar-refractivity contribution in [1.82, 2.24) is 5.32 Å². The Morgan fingerprint density at radius 1 is 1.44 bits per heavy atom. The summed E-state index contributed by atoms with van der Waals surface area (Å²) >= 11 is 0. The molecule has 18 heavy (non-hydrogen) atoms. The standard InChI is InChI=1S/C13H23NO4/c1-13(2,3)10(7-11(15)16)14-12(17)9-5-4-6-18-8-9/h9-10H,4-8H2,1-3H3,(H,14,17)(H,15,16). The SMILES string of the molecule is CC(C)(C)C(CC(=O)O)NC(=O)C1CCCOC1. The molecule has 0 bridgehead atoms. The minimum Gasteiger partial charge on any atom is -0.481 e. The fraction of sp³-hybridized carbons (Fsp3) is 0.846. The summed E-state index contributed by atoms with van der Waals surface area (Å²) in [6.45, 7) is 6.94. The van der Waals surface area contributed by atoms with E-state index in [0.29, 0.717) is 13.2 Å². The van der Waals surface area contributed by atoms with Crippen molar-refractivity contribution in [1.29, 1.82) is 0 Å². The quantitative estimate of drug-likeness (QED) is 0.798. The van der Waals surface area contributed by atoms with Gasteiger partial charge in [-0.25, -0.2) is 0 Å². The molecule has 5 nitrogen and oxygen atoms in total. The zero-order chi connectivity index (χ0) is 13.8. The summed E-state index contributed by atoms with van der Waals surface area (Å²) in [5.74, 6) is -1.12. The molecule has 0 aromatic carbocycles. The topological polar surface area (TPSA) is 75.6 Å². The van der Waals surface area contributed by atoms with Gasteiger partial charge in [-0.2, -0.15) is 0 Å². The summed E-state index contributed by atoms with van der Waals surface area (Å²) in [4.78, 5) is 22.9. The van der Waals surface area contributed by atoms with Crippen LogP contribution < -0.4 is 5.32 Å². The average Bonchev–Trinajstić information content (AvgIpc) is 2.27. The molecule has 0 aromatic heterocycles. The van der Waals surface area contributed by atoms with Gasteiger partial charge >= 0.3 is 5.97 Å². The Bertz CT molecular complexity index is 303. The first-order chi connectivity index (χ1) is 8.30. The highest BCUT2D eigenvalue weighted by Gasteiger charge is 2.31. The van der Waals surface area contributed by atoms with Gasteiger partial charge in [0, 0.05) is 12.6 Å². The minimum absolute atomic E-state index is 0.0528. The number of aliphatic carboxylic acids is 1. The van der Waals surface area contributed by atoms with Crippen molar-refractivity contribution in [3.05, 3.63) is 0 Å². The van der Waals surface area contributed by atoms with Crippen molar-refractivity contribution in [2.24, 2.45) is 11.3 Å². The van der Waals surface area contributed by atoms with Gasteiger partial charge in [0.2, 0.25) is 5.91 Å². The van der Waals surface area contributed by atoms with E-state index >= 15 is 0 Å². The first-order valence-electron chi connectivity index (χ1n) is 6.40. The van der Waals surface area contributed by atoms with Crippen molar-refractivity contribution >= 4 is 11.9 Å². The molecular weight excluding hydrogens is 234 g/mol. The molecule has 2 atom stereocenters. The molecule has 0 spiro atoms. The maximum Gasteiger partial charge on any atom is 0.305 e. The van der Waals surface area contributed by atoms with Crippen LogP contribution in [0.5, 0.6) is 0 Å². The molecule has 0 aliphatic carbocycles. The molecule has 1 heterocycles. The number of amides is 1. The molecular formula is C13H23NO4. The monoisotopic (exact) mass is 257 g/mol. The second-order valence-electron chi connectivity index (χ2n) is 5.94. The molecule has 0 saturated carbocycles. The molecule has 1 saturated heterocycles. The molecule has 2 unspecified atom stereocenters. The van der Waals surface area contributed by atoms with Crippen molar-refractivity contribution < 1.29 is 19.4 Å². The summed E-state index contributed by atoms with van der Waals surface area (Å²) in [6.07, 6.45) is 1.65. The van der Waals surface area contributed by atoms with Crippen LogP contribution in [0.4, 0.5) is 0 Å². The fourth-order valence-electron chi connectivity index (χ4n) is 1.99. The lowest BCUT2D eigenvalue weighted by atomic mass is 9.84. The van der Waals surface area contributed by atoms with Gasteiger partial charge in [0.1, 0.15) is 0 Å². The van der Waals surface area contributed by atoms with Gasteiger partial charge in [0.25, 0.3) is 0 Å². The molecule has 104 valence electrons. The molecule has 5 heteroatoms. The van der Waals surface area contributed by atoms with Gasteiger partial charge in [-0.1, -0.05) is 20.8 Å². The number of hydrogen-bond donors (Lipinski definition) is 2. The summed E-state index contributed by atoms with van der Waals surface area (Å²) in [5.41, 5.74) is -0.274. The molecule has 2 N–H and O–H groups in total. The molecule has 1 rings (SSSR count). The Hall–Kier alpha value is -1.10. The number of carboxylic acid groups (broad SMARTS) is 1. The Morgan fingerprint density at radius 3 is 2.56 bits per heavy atom. The zero-order valence-electron chi connectivity index (χ0n) is 11.4. The third kappa shape index (κ3) is 4.64. The van der Waals surface area contributed by atoms with Crippen LogP contribution in [0.1, 0.15) is 40.0 Å². The van der Waals surface area contributed by atoms with Gasteiger partial charge in [-0.05, 0) is 18.3 Å². The van der Waals surface area contributed by atoms with E-state index in [2.05, 4.69) is 5.32 Å². The lowest BCUT2D eigenvalue weighted by molar-refractivity contribution is -0.139. The van der Waals surface area contributed by atoms with Crippen molar-refractivity contribution in [2.45, 2.75) is 46.1 Å². The third-order valence-corrected chi connectivity index (χ3v) is 3.27. The highest BCUT2D eigenvalue weighted by molar-refractivity contribution is 5.80. The summed E-state index contributed by atoms with van der Waals surface area (Å²) in [6, 6.07) is -0.357. The molecule has 1 amide bonds. The number of carboxylic acids is 1. The van der Waals surface area contributed by atoms with Crippen molar-refractivity contribution in [2.75, 3.05) is 13.2 Å². The number of rotatable bonds is 4. The van der Waals surface area contributed by atoms with Gasteiger partial charge < -0.3 is 15.2 Å². The van der Waals surface area contributed by atoms with E-state index in [1.54, 1.807) is 0 Å². The van der Waals surface area contributed by atoms with Gasteiger partial charge in [0.05, 0.1) is 18.9 Å². The lowest BCUT2D eigenvalue weighted by Crippen LogP contribution is -2.48. The summed E-state index contributed by atoms with van der Waals surface area (Å²) < 4.78 is 5.27. The Kier molecular flexibility index (Phi) is 5.14. The van der Waals surface area contributed by atoms with Crippen LogP contribution in [0, 0.1) is 11.3 Å². The first-order valence-corrected chi connectivity index (χ1v) is 6.40. The average molecular weight is 257 g/mol. The van der Waals surface area contributed by atoms with E-state index in [0.717, 1.165) is 12.8 Å². The van der Waals surface area contributed by atoms with E-state index in [1.165, 1.54) is 0 Å². The molecule has 0 aromatic rings. The van der Waals surface area contributed by atoms with Crippen LogP contribution in [0.2, 0.25) is 0 Å². The number of carbonyl (C=O) groups excluding carboxylic acids is 1. The largest absolute Gasteiger partial charge is 0.481 e. The fourth-order valence-corrected chi connectivity index (χ4v) is 1.99. The van der Waals surface area contributed by atoms with Crippen molar-refractivity contribution in [3.8, 4) is 0 Å². The van der Waals surface area contributed by atoms with Gasteiger partial charge in [-0.15, -0.1) is 0 Å². The predicted molar refractivity (Wildman–Crippen MR) is 67.2 cm³/mol. The number of ether oxygens (including phenoxy) is 1. The zero-order valence-corrected chi connectivity index (χ0v) is 11.4. The summed E-state index contributed by atoms with van der Waals surface area (Å²) in [7, 11) is 0. The van der Waals surface area contributed by atoms with Crippen molar-refractivity contribution in [3.63, 3.8) is 0 Å². The normalized spacial score (nSPS) is 22.3. The van der Waals surface area contributed by atoms with E-state index < -0.39 is 5.97 Å². The lowest BCUT2D eigenvalue weighted by Gasteiger charge is -2.32. The van der Waals surface area contributed by atoms with E-state index in [9.17, 15) is 9.59 Å². The van der Waals surface area contributed by atoms with Crippen LogP contribution in [-0.4, -0.2) is 36.2 Å². The van der Waals surface area contributed by atoms with E-state index in [-0.39, 0.29) is 29.7 Å². The predicted octanol–water partition coefficient (Wildman–Crippen LogP) is 1.42. The molecule has 1 aliphatic rings. The molecule has 1 aliphatic heterocycles. The van der Waals surface area contributed by atoms with Crippen LogP contribution in [0.25, 0.3) is 0 Å². The Labute approximate surface area is 108 Å². The highest BCUT2D eigenvalue weighted by Crippen LogP contribution is 2.23. The number of hydrogen-bond acceptors (Lipinski definition) is 3. The highest BCUT2D eigenvalue weighted by atomic mass is 16.5. The number of nitrogens with one attached hydrogen (secondary N) is 1. The van der Waals surface area contributed by atoms with Gasteiger partial charge in [-0.3, -0.25) is 9.59 Å². The maximum atomic E-state index is 12.1.